The van der Waals surface area contributed by atoms with E-state index in [1.807, 2.05) is 13.8 Å². The second-order valence-electron chi connectivity index (χ2n) is 6.49. The van der Waals surface area contributed by atoms with Crippen molar-refractivity contribution < 1.29 is 23.9 Å². The van der Waals surface area contributed by atoms with E-state index in [1.165, 1.54) is 6.20 Å². The van der Waals surface area contributed by atoms with Gasteiger partial charge in [0.25, 0.3) is 0 Å². The normalized spacial score (nSPS) is 14.7. The van der Waals surface area contributed by atoms with Crippen molar-refractivity contribution in [3.63, 3.8) is 0 Å². The number of ether oxygens (including phenoxy) is 2. The Hall–Kier alpha value is -3.41. The quantitative estimate of drug-likeness (QED) is 0.377. The maximum atomic E-state index is 12.4. The Balaban J connectivity index is 1.70. The first-order valence-corrected chi connectivity index (χ1v) is 8.55. The highest BCUT2D eigenvalue weighted by molar-refractivity contribution is 6.27. The lowest BCUT2D eigenvalue weighted by molar-refractivity contribution is -0.130. The molecule has 0 aliphatic carbocycles. The van der Waals surface area contributed by atoms with Crippen LogP contribution in [0.3, 0.4) is 0 Å². The zero-order chi connectivity index (χ0) is 19.4. The van der Waals surface area contributed by atoms with E-state index < -0.39 is 17.7 Å². The van der Waals surface area contributed by atoms with Crippen LogP contribution in [0.15, 0.2) is 60.3 Å². The number of hydrogen-bond acceptors (Lipinski definition) is 6. The minimum Gasteiger partial charge on any atom is -0.462 e. The van der Waals surface area contributed by atoms with Gasteiger partial charge in [0.05, 0.1) is 17.7 Å². The summed E-state index contributed by atoms with van der Waals surface area (Å²) in [5.74, 6) is -0.979. The van der Waals surface area contributed by atoms with Gasteiger partial charge in [-0.2, -0.15) is 0 Å². The van der Waals surface area contributed by atoms with Crippen molar-refractivity contribution in [3.8, 4) is 5.75 Å². The van der Waals surface area contributed by atoms with E-state index in [2.05, 4.69) is 5.32 Å². The fraction of sp³-hybridized carbons (Fsp3) is 0.190. The number of fused-ring (bicyclic) bond motifs is 1. The van der Waals surface area contributed by atoms with Crippen molar-refractivity contribution in [2.24, 2.45) is 5.92 Å². The first-order valence-electron chi connectivity index (χ1n) is 8.55. The van der Waals surface area contributed by atoms with Crippen molar-refractivity contribution in [1.82, 2.24) is 0 Å². The number of carbonyl (C=O) groups is 3. The number of para-hydroxylation sites is 1. The molecule has 3 rings (SSSR count). The third-order valence-corrected chi connectivity index (χ3v) is 3.85. The molecule has 1 aliphatic rings. The monoisotopic (exact) mass is 365 g/mol. The molecule has 2 aromatic carbocycles. The number of ketones is 1. The summed E-state index contributed by atoms with van der Waals surface area (Å²) in [6.45, 7) is 4.28. The van der Waals surface area contributed by atoms with E-state index in [9.17, 15) is 14.4 Å². The summed E-state index contributed by atoms with van der Waals surface area (Å²) in [6.07, 6.45) is 1.31. The number of carbonyl (C=O) groups excluding carboxylic acids is 3. The number of benzene rings is 2. The van der Waals surface area contributed by atoms with Gasteiger partial charge in [0, 0.05) is 11.9 Å². The topological polar surface area (TPSA) is 81.7 Å². The second-order valence-corrected chi connectivity index (χ2v) is 6.49. The molecule has 2 aromatic rings. The molecule has 0 radical (unpaired) electrons. The Kier molecular flexibility index (Phi) is 5.35. The molecule has 0 unspecified atom stereocenters. The summed E-state index contributed by atoms with van der Waals surface area (Å²) in [4.78, 5) is 36.4. The van der Waals surface area contributed by atoms with Gasteiger partial charge in [0.15, 0.2) is 0 Å². The van der Waals surface area contributed by atoms with Gasteiger partial charge in [-0.25, -0.2) is 9.59 Å². The van der Waals surface area contributed by atoms with Gasteiger partial charge in [0.2, 0.25) is 5.78 Å². The summed E-state index contributed by atoms with van der Waals surface area (Å²) < 4.78 is 10.3. The first-order chi connectivity index (χ1) is 13.0. The zero-order valence-corrected chi connectivity index (χ0v) is 15.0. The van der Waals surface area contributed by atoms with Gasteiger partial charge >= 0.3 is 11.9 Å². The summed E-state index contributed by atoms with van der Waals surface area (Å²) in [5.41, 5.74) is 1.29. The van der Waals surface area contributed by atoms with Gasteiger partial charge in [-0.3, -0.25) is 4.79 Å². The number of nitrogens with one attached hydrogen (secondary N) is 1. The predicted octanol–water partition coefficient (Wildman–Crippen LogP) is 3.60. The van der Waals surface area contributed by atoms with Crippen LogP contribution in [0, 0.1) is 5.92 Å². The van der Waals surface area contributed by atoms with Crippen LogP contribution in [0.2, 0.25) is 0 Å². The molecule has 1 aliphatic heterocycles. The van der Waals surface area contributed by atoms with Crippen LogP contribution in [0.5, 0.6) is 5.75 Å². The van der Waals surface area contributed by atoms with Gasteiger partial charge in [0.1, 0.15) is 11.3 Å². The Morgan fingerprint density at radius 1 is 1.11 bits per heavy atom. The maximum absolute atomic E-state index is 12.4. The molecule has 0 atom stereocenters. The molecular formula is C21H19NO5. The molecule has 27 heavy (non-hydrogen) atoms. The van der Waals surface area contributed by atoms with E-state index in [0.717, 1.165) is 0 Å². The first kappa shape index (κ1) is 18.4. The van der Waals surface area contributed by atoms with Gasteiger partial charge in [-0.15, -0.1) is 0 Å². The van der Waals surface area contributed by atoms with E-state index in [-0.39, 0.29) is 17.2 Å². The standard InChI is InChI=1S/C21H19NO5/c1-13(2)12-26-20(24)14-7-9-15(10-8-14)22-11-17-19(23)16-5-3-4-6-18(16)27-21(17)25/h3-11,13,22H,12H2,1-2H3. The molecule has 0 bridgehead atoms. The average molecular weight is 365 g/mol. The van der Waals surface area contributed by atoms with Crippen molar-refractivity contribution in [1.29, 1.82) is 0 Å². The molecular weight excluding hydrogens is 346 g/mol. The smallest absolute Gasteiger partial charge is 0.349 e. The molecule has 6 nitrogen and oxygen atoms in total. The van der Waals surface area contributed by atoms with Crippen molar-refractivity contribution in [3.05, 3.63) is 71.4 Å². The Labute approximate surface area is 156 Å². The third-order valence-electron chi connectivity index (χ3n) is 3.85. The zero-order valence-electron chi connectivity index (χ0n) is 15.0. The number of hydrogen-bond donors (Lipinski definition) is 1. The minimum absolute atomic E-state index is 0.0888. The van der Waals surface area contributed by atoms with Crippen LogP contribution in [-0.4, -0.2) is 24.3 Å². The van der Waals surface area contributed by atoms with Crippen LogP contribution >= 0.6 is 0 Å². The molecule has 138 valence electrons. The Morgan fingerprint density at radius 2 is 1.81 bits per heavy atom. The molecule has 6 heteroatoms. The molecule has 0 saturated heterocycles. The maximum Gasteiger partial charge on any atom is 0.349 e. The third kappa shape index (κ3) is 4.23. The highest BCUT2D eigenvalue weighted by Gasteiger charge is 2.30. The summed E-state index contributed by atoms with van der Waals surface area (Å²) in [5, 5.41) is 2.89. The molecule has 0 fully saturated rings. The fourth-order valence-electron chi connectivity index (χ4n) is 2.44. The molecule has 0 aromatic heterocycles. The Bertz CT molecular complexity index is 912. The fourth-order valence-corrected chi connectivity index (χ4v) is 2.44. The van der Waals surface area contributed by atoms with Crippen LogP contribution in [-0.2, 0) is 9.53 Å². The van der Waals surface area contributed by atoms with Crippen molar-refractivity contribution >= 4 is 23.4 Å². The average Bonchev–Trinajstić information content (AvgIpc) is 2.66. The van der Waals surface area contributed by atoms with E-state index >= 15 is 0 Å². The number of Topliss-reactive ketones (excluding diaryl/α,β-unsaturated/α-hetero) is 1. The lowest BCUT2D eigenvalue weighted by atomic mass is 10.0. The molecule has 0 spiro atoms. The van der Waals surface area contributed by atoms with Gasteiger partial charge < -0.3 is 14.8 Å². The van der Waals surface area contributed by atoms with Gasteiger partial charge in [-0.05, 0) is 42.3 Å². The highest BCUT2D eigenvalue weighted by Crippen LogP contribution is 2.27. The van der Waals surface area contributed by atoms with Crippen LogP contribution < -0.4 is 10.1 Å². The summed E-state index contributed by atoms with van der Waals surface area (Å²) in [7, 11) is 0. The summed E-state index contributed by atoms with van der Waals surface area (Å²) in [6, 6.07) is 13.1. The number of anilines is 1. The van der Waals surface area contributed by atoms with E-state index in [0.29, 0.717) is 23.4 Å². The minimum atomic E-state index is -0.708. The highest BCUT2D eigenvalue weighted by atomic mass is 16.5. The van der Waals surface area contributed by atoms with Crippen LogP contribution in [0.1, 0.15) is 34.6 Å². The number of esters is 2. The van der Waals surface area contributed by atoms with E-state index in [4.69, 9.17) is 9.47 Å². The largest absolute Gasteiger partial charge is 0.462 e. The molecule has 0 saturated carbocycles. The summed E-state index contributed by atoms with van der Waals surface area (Å²) >= 11 is 0. The SMILES string of the molecule is CC(C)COC(=O)c1ccc(NC=C2C(=O)Oc3ccccc3C2=O)cc1. The van der Waals surface area contributed by atoms with Crippen molar-refractivity contribution in [2.45, 2.75) is 13.8 Å². The second kappa shape index (κ2) is 7.86. The lowest BCUT2D eigenvalue weighted by Crippen LogP contribution is -2.25. The number of rotatable bonds is 5. The molecule has 0 amide bonds. The Morgan fingerprint density at radius 3 is 2.52 bits per heavy atom. The molecule has 1 N–H and O–H groups in total. The van der Waals surface area contributed by atoms with Crippen LogP contribution in [0.4, 0.5) is 5.69 Å². The predicted molar refractivity (Wildman–Crippen MR) is 99.7 cm³/mol. The van der Waals surface area contributed by atoms with E-state index in [1.54, 1.807) is 48.5 Å². The molecule has 1 heterocycles. The van der Waals surface area contributed by atoms with Crippen LogP contribution in [0.25, 0.3) is 0 Å². The lowest BCUT2D eigenvalue weighted by Gasteiger charge is -2.16. The van der Waals surface area contributed by atoms with Crippen molar-refractivity contribution in [2.75, 3.05) is 11.9 Å². The van der Waals surface area contributed by atoms with Gasteiger partial charge in [-0.1, -0.05) is 26.0 Å².